The molecule has 0 aromatic rings. The number of aliphatic imine (C=N–C) groups is 1. The first-order valence-electron chi connectivity index (χ1n) is 4.88. The van der Waals surface area contributed by atoms with Gasteiger partial charge in [-0.3, -0.25) is 4.99 Å². The zero-order valence-corrected chi connectivity index (χ0v) is 9.87. The summed E-state index contributed by atoms with van der Waals surface area (Å²) in [5, 5.41) is 4.48. The monoisotopic (exact) mass is 200 g/mol. The van der Waals surface area contributed by atoms with E-state index in [1.165, 1.54) is 12.8 Å². The minimum Gasteiger partial charge on any atom is -0.360 e. The lowest BCUT2D eigenvalue weighted by molar-refractivity contribution is 0.514. The van der Waals surface area contributed by atoms with Crippen molar-refractivity contribution in [3.63, 3.8) is 0 Å². The van der Waals surface area contributed by atoms with Crippen molar-refractivity contribution >= 4 is 16.9 Å². The first-order chi connectivity index (χ1) is 6.01. The molecule has 0 aromatic heterocycles. The molecule has 1 N–H and O–H groups in total. The van der Waals surface area contributed by atoms with Crippen LogP contribution in [0.1, 0.15) is 33.6 Å². The van der Waals surface area contributed by atoms with Crippen LogP contribution in [0.3, 0.4) is 0 Å². The fourth-order valence-corrected chi connectivity index (χ4v) is 1.60. The third kappa shape index (κ3) is 5.19. The molecule has 0 heterocycles. The Balaban J connectivity index is 2.35. The minimum absolute atomic E-state index is 0.130. The van der Waals surface area contributed by atoms with Crippen LogP contribution in [0.2, 0.25) is 0 Å². The zero-order valence-electron chi connectivity index (χ0n) is 9.05. The summed E-state index contributed by atoms with van der Waals surface area (Å²) in [6.07, 6.45) is 4.83. The van der Waals surface area contributed by atoms with Crippen molar-refractivity contribution in [2.75, 3.05) is 12.8 Å². The van der Waals surface area contributed by atoms with Crippen molar-refractivity contribution in [1.29, 1.82) is 0 Å². The van der Waals surface area contributed by atoms with Crippen molar-refractivity contribution in [2.24, 2.45) is 10.9 Å². The van der Waals surface area contributed by atoms with E-state index in [0.717, 1.165) is 17.6 Å². The summed E-state index contributed by atoms with van der Waals surface area (Å²) in [7, 11) is 0. The van der Waals surface area contributed by atoms with Gasteiger partial charge in [0.1, 0.15) is 0 Å². The Hall–Kier alpha value is -0.180. The fraction of sp³-hybridized carbons (Fsp3) is 0.900. The second kappa shape index (κ2) is 4.36. The normalized spacial score (nSPS) is 18.9. The summed E-state index contributed by atoms with van der Waals surface area (Å²) in [4.78, 5) is 4.56. The Kier molecular flexibility index (Phi) is 3.65. The van der Waals surface area contributed by atoms with E-state index in [0.29, 0.717) is 0 Å². The van der Waals surface area contributed by atoms with E-state index in [4.69, 9.17) is 0 Å². The third-order valence-electron chi connectivity index (χ3n) is 1.87. The van der Waals surface area contributed by atoms with Crippen molar-refractivity contribution in [3.05, 3.63) is 0 Å². The van der Waals surface area contributed by atoms with E-state index in [1.807, 2.05) is 0 Å². The lowest BCUT2D eigenvalue weighted by Crippen LogP contribution is -2.39. The predicted octanol–water partition coefficient (Wildman–Crippen LogP) is 2.50. The zero-order chi connectivity index (χ0) is 9.90. The number of hydrogen-bond donors (Lipinski definition) is 1. The Labute approximate surface area is 85.6 Å². The Morgan fingerprint density at radius 2 is 2.08 bits per heavy atom. The molecule has 1 rings (SSSR count). The van der Waals surface area contributed by atoms with Crippen LogP contribution in [0.4, 0.5) is 0 Å². The Morgan fingerprint density at radius 3 is 2.46 bits per heavy atom. The molecule has 13 heavy (non-hydrogen) atoms. The maximum Gasteiger partial charge on any atom is 0.156 e. The van der Waals surface area contributed by atoms with Gasteiger partial charge in [0, 0.05) is 12.1 Å². The van der Waals surface area contributed by atoms with E-state index < -0.39 is 0 Å². The molecule has 0 radical (unpaired) electrons. The van der Waals surface area contributed by atoms with Crippen LogP contribution in [0.5, 0.6) is 0 Å². The second-order valence-electron chi connectivity index (χ2n) is 4.67. The molecule has 0 saturated heterocycles. The van der Waals surface area contributed by atoms with Crippen molar-refractivity contribution < 1.29 is 0 Å². The van der Waals surface area contributed by atoms with E-state index >= 15 is 0 Å². The first-order valence-corrected chi connectivity index (χ1v) is 6.10. The van der Waals surface area contributed by atoms with E-state index in [9.17, 15) is 0 Å². The molecule has 0 unspecified atom stereocenters. The highest BCUT2D eigenvalue weighted by atomic mass is 32.2. The maximum absolute atomic E-state index is 4.56. The number of nitrogens with zero attached hydrogens (tertiary/aromatic N) is 1. The van der Waals surface area contributed by atoms with Crippen molar-refractivity contribution in [1.82, 2.24) is 5.32 Å². The van der Waals surface area contributed by atoms with Gasteiger partial charge in [-0.1, -0.05) is 11.8 Å². The number of amidine groups is 1. The summed E-state index contributed by atoms with van der Waals surface area (Å²) < 4.78 is 0. The lowest BCUT2D eigenvalue weighted by Gasteiger charge is -2.22. The maximum atomic E-state index is 4.56. The van der Waals surface area contributed by atoms with Gasteiger partial charge in [0.15, 0.2) is 5.17 Å². The highest BCUT2D eigenvalue weighted by Gasteiger charge is 2.21. The SMILES string of the molecule is CSC(=NCC1CC1)NC(C)(C)C. The molecule has 2 nitrogen and oxygen atoms in total. The summed E-state index contributed by atoms with van der Waals surface area (Å²) in [5.41, 5.74) is 0.130. The van der Waals surface area contributed by atoms with Crippen LogP contribution in [-0.2, 0) is 0 Å². The molecule has 1 aliphatic rings. The number of hydrogen-bond acceptors (Lipinski definition) is 2. The van der Waals surface area contributed by atoms with Crippen LogP contribution < -0.4 is 5.32 Å². The molecular weight excluding hydrogens is 180 g/mol. The Morgan fingerprint density at radius 1 is 1.46 bits per heavy atom. The van der Waals surface area contributed by atoms with Gasteiger partial charge in [0.05, 0.1) is 0 Å². The standard InChI is InChI=1S/C10H20N2S/c1-10(2,3)12-9(13-4)11-7-8-5-6-8/h8H,5-7H2,1-4H3,(H,11,12). The first kappa shape index (κ1) is 10.9. The van der Waals surface area contributed by atoms with Crippen LogP contribution in [0, 0.1) is 5.92 Å². The van der Waals surface area contributed by atoms with Gasteiger partial charge in [-0.05, 0) is 45.8 Å². The van der Waals surface area contributed by atoms with E-state index in [2.05, 4.69) is 37.3 Å². The summed E-state index contributed by atoms with van der Waals surface area (Å²) in [6, 6.07) is 0. The van der Waals surface area contributed by atoms with Gasteiger partial charge >= 0.3 is 0 Å². The number of rotatable bonds is 2. The van der Waals surface area contributed by atoms with Gasteiger partial charge in [0.2, 0.25) is 0 Å². The van der Waals surface area contributed by atoms with Crippen LogP contribution in [-0.4, -0.2) is 23.5 Å². The molecule has 0 bridgehead atoms. The molecule has 76 valence electrons. The number of thioether (sulfide) groups is 1. The van der Waals surface area contributed by atoms with Crippen LogP contribution in [0.15, 0.2) is 4.99 Å². The quantitative estimate of drug-likeness (QED) is 0.547. The molecule has 1 fully saturated rings. The summed E-state index contributed by atoms with van der Waals surface area (Å²) in [5.74, 6) is 0.879. The largest absolute Gasteiger partial charge is 0.360 e. The topological polar surface area (TPSA) is 24.4 Å². The summed E-state index contributed by atoms with van der Waals surface area (Å²) >= 11 is 1.71. The molecule has 1 saturated carbocycles. The Bertz CT molecular complexity index is 190. The fourth-order valence-electron chi connectivity index (χ4n) is 0.988. The molecule has 0 aromatic carbocycles. The second-order valence-corrected chi connectivity index (χ2v) is 5.46. The molecule has 0 amide bonds. The molecule has 1 aliphatic carbocycles. The van der Waals surface area contributed by atoms with Crippen LogP contribution in [0.25, 0.3) is 0 Å². The van der Waals surface area contributed by atoms with Gasteiger partial charge in [-0.15, -0.1) is 0 Å². The average molecular weight is 200 g/mol. The highest BCUT2D eigenvalue weighted by Crippen LogP contribution is 2.29. The number of nitrogens with one attached hydrogen (secondary N) is 1. The van der Waals surface area contributed by atoms with E-state index in [1.54, 1.807) is 11.8 Å². The highest BCUT2D eigenvalue weighted by molar-refractivity contribution is 8.13. The molecule has 0 spiro atoms. The molecular formula is C10H20N2S. The summed E-state index contributed by atoms with van der Waals surface area (Å²) in [6.45, 7) is 7.50. The third-order valence-corrected chi connectivity index (χ3v) is 2.48. The van der Waals surface area contributed by atoms with Gasteiger partial charge in [0.25, 0.3) is 0 Å². The minimum atomic E-state index is 0.130. The van der Waals surface area contributed by atoms with Crippen molar-refractivity contribution in [3.8, 4) is 0 Å². The van der Waals surface area contributed by atoms with Gasteiger partial charge < -0.3 is 5.32 Å². The van der Waals surface area contributed by atoms with Crippen molar-refractivity contribution in [2.45, 2.75) is 39.2 Å². The smallest absolute Gasteiger partial charge is 0.156 e. The molecule has 3 heteroatoms. The molecule has 0 aliphatic heterocycles. The lowest BCUT2D eigenvalue weighted by atomic mass is 10.1. The average Bonchev–Trinajstić information content (AvgIpc) is 2.78. The van der Waals surface area contributed by atoms with Gasteiger partial charge in [-0.2, -0.15) is 0 Å². The van der Waals surface area contributed by atoms with E-state index in [-0.39, 0.29) is 5.54 Å². The van der Waals surface area contributed by atoms with Crippen LogP contribution >= 0.6 is 11.8 Å². The molecule has 0 atom stereocenters. The predicted molar refractivity (Wildman–Crippen MR) is 61.4 cm³/mol. The van der Waals surface area contributed by atoms with Gasteiger partial charge in [-0.25, -0.2) is 0 Å².